The molecule has 0 saturated carbocycles. The van der Waals surface area contributed by atoms with E-state index in [4.69, 9.17) is 5.84 Å². The second-order valence-corrected chi connectivity index (χ2v) is 5.23. The summed E-state index contributed by atoms with van der Waals surface area (Å²) in [5, 5.41) is 11.6. The SMILES string of the molecule is CCCCCCCCCCC[N+](N)([O-])CCC. The van der Waals surface area contributed by atoms with Crippen molar-refractivity contribution in [2.45, 2.75) is 78.1 Å². The molecule has 3 heteroatoms. The first-order valence-corrected chi connectivity index (χ1v) is 7.49. The normalized spacial score (nSPS) is 14.8. The predicted molar refractivity (Wildman–Crippen MR) is 75.1 cm³/mol. The molecule has 0 aliphatic carbocycles. The second kappa shape index (κ2) is 11.0. The van der Waals surface area contributed by atoms with Crippen LogP contribution < -0.4 is 5.84 Å². The third-order valence-electron chi connectivity index (χ3n) is 3.24. The number of quaternary nitrogens is 1. The summed E-state index contributed by atoms with van der Waals surface area (Å²) in [7, 11) is 0. The molecule has 0 spiro atoms. The number of nitrogens with two attached hydrogens (primary N) is 1. The third-order valence-corrected chi connectivity index (χ3v) is 3.24. The summed E-state index contributed by atoms with van der Waals surface area (Å²) in [6.07, 6.45) is 12.4. The minimum Gasteiger partial charge on any atom is -0.612 e. The lowest BCUT2D eigenvalue weighted by molar-refractivity contribution is -0.892. The van der Waals surface area contributed by atoms with Crippen molar-refractivity contribution in [3.8, 4) is 0 Å². The third kappa shape index (κ3) is 12.1. The van der Waals surface area contributed by atoms with Crippen LogP contribution in [0.15, 0.2) is 0 Å². The molecule has 0 heterocycles. The van der Waals surface area contributed by atoms with E-state index in [2.05, 4.69) is 6.92 Å². The van der Waals surface area contributed by atoms with Crippen molar-refractivity contribution in [1.29, 1.82) is 0 Å². The highest BCUT2D eigenvalue weighted by atomic mass is 16.6. The summed E-state index contributed by atoms with van der Waals surface area (Å²) in [5.74, 6) is 5.60. The number of unbranched alkanes of at least 4 members (excludes halogenated alkanes) is 8. The summed E-state index contributed by atoms with van der Waals surface area (Å²) < 4.78 is -0.535. The summed E-state index contributed by atoms with van der Waals surface area (Å²) in [4.78, 5) is 0. The topological polar surface area (TPSA) is 49.1 Å². The molecule has 2 N–H and O–H groups in total. The lowest BCUT2D eigenvalue weighted by Crippen LogP contribution is -2.50. The first-order chi connectivity index (χ1) is 8.12. The van der Waals surface area contributed by atoms with E-state index < -0.39 is 4.76 Å². The van der Waals surface area contributed by atoms with Gasteiger partial charge in [-0.3, -0.25) is 4.76 Å². The van der Waals surface area contributed by atoms with Crippen LogP contribution in [0, 0.1) is 5.21 Å². The van der Waals surface area contributed by atoms with Crippen molar-refractivity contribution in [2.24, 2.45) is 5.84 Å². The van der Waals surface area contributed by atoms with Gasteiger partial charge >= 0.3 is 0 Å². The highest BCUT2D eigenvalue weighted by Crippen LogP contribution is 2.10. The Bertz CT molecular complexity index is 160. The van der Waals surface area contributed by atoms with Gasteiger partial charge in [0.15, 0.2) is 0 Å². The van der Waals surface area contributed by atoms with Gasteiger partial charge in [-0.15, -0.1) is 0 Å². The smallest absolute Gasteiger partial charge is 0.0958 e. The Morgan fingerprint density at radius 1 is 0.706 bits per heavy atom. The van der Waals surface area contributed by atoms with Crippen molar-refractivity contribution in [1.82, 2.24) is 0 Å². The molecule has 17 heavy (non-hydrogen) atoms. The predicted octanol–water partition coefficient (Wildman–Crippen LogP) is 4.12. The Hall–Kier alpha value is -0.120. The van der Waals surface area contributed by atoms with Crippen LogP contribution in [0.2, 0.25) is 0 Å². The number of hydroxylamine groups is 2. The first kappa shape index (κ1) is 16.9. The first-order valence-electron chi connectivity index (χ1n) is 7.49. The average molecular weight is 244 g/mol. The van der Waals surface area contributed by atoms with Crippen LogP contribution in [0.25, 0.3) is 0 Å². The molecule has 0 fully saturated rings. The van der Waals surface area contributed by atoms with E-state index >= 15 is 0 Å². The number of nitrogens with zero attached hydrogens (tertiary/aromatic N) is 1. The summed E-state index contributed by atoms with van der Waals surface area (Å²) in [6, 6.07) is 0. The Morgan fingerprint density at radius 2 is 1.18 bits per heavy atom. The second-order valence-electron chi connectivity index (χ2n) is 5.23. The molecule has 0 bridgehead atoms. The van der Waals surface area contributed by atoms with Gasteiger partial charge in [-0.1, -0.05) is 58.8 Å². The molecule has 0 aromatic rings. The zero-order valence-electron chi connectivity index (χ0n) is 11.9. The minimum atomic E-state index is -0.535. The van der Waals surface area contributed by atoms with E-state index in [1.54, 1.807) is 0 Å². The standard InChI is InChI=1S/C14H32N2O/c1-3-5-6-7-8-9-10-11-12-14-16(15,17)13-4-2/h3-15H2,1-2H3. The van der Waals surface area contributed by atoms with E-state index in [9.17, 15) is 5.21 Å². The molecule has 0 aliphatic heterocycles. The van der Waals surface area contributed by atoms with Crippen LogP contribution in [0.5, 0.6) is 0 Å². The number of hydrogen-bond donors (Lipinski definition) is 1. The van der Waals surface area contributed by atoms with Crippen LogP contribution in [0.4, 0.5) is 0 Å². The van der Waals surface area contributed by atoms with Crippen molar-refractivity contribution in [3.05, 3.63) is 5.21 Å². The van der Waals surface area contributed by atoms with Gasteiger partial charge in [0.2, 0.25) is 0 Å². The fraction of sp³-hybridized carbons (Fsp3) is 1.00. The van der Waals surface area contributed by atoms with Gasteiger partial charge in [-0.25, -0.2) is 0 Å². The summed E-state index contributed by atoms with van der Waals surface area (Å²) in [6.45, 7) is 5.39. The molecular weight excluding hydrogens is 212 g/mol. The molecule has 0 rings (SSSR count). The molecule has 104 valence electrons. The van der Waals surface area contributed by atoms with Gasteiger partial charge in [0.1, 0.15) is 0 Å². The van der Waals surface area contributed by atoms with Gasteiger partial charge in [-0.05, 0) is 19.3 Å². The number of rotatable bonds is 12. The molecule has 0 amide bonds. The molecule has 0 aromatic heterocycles. The molecule has 0 radical (unpaired) electrons. The Morgan fingerprint density at radius 3 is 1.65 bits per heavy atom. The van der Waals surface area contributed by atoms with Crippen LogP contribution >= 0.6 is 0 Å². The Balaban J connectivity index is 3.18. The van der Waals surface area contributed by atoms with Crippen molar-refractivity contribution in [2.75, 3.05) is 13.1 Å². The van der Waals surface area contributed by atoms with Gasteiger partial charge in [-0.2, -0.15) is 5.84 Å². The molecule has 0 aliphatic rings. The van der Waals surface area contributed by atoms with Gasteiger partial charge in [0.25, 0.3) is 0 Å². The maximum atomic E-state index is 11.6. The summed E-state index contributed by atoms with van der Waals surface area (Å²) >= 11 is 0. The minimum absolute atomic E-state index is 0.535. The lowest BCUT2D eigenvalue weighted by atomic mass is 10.1. The van der Waals surface area contributed by atoms with E-state index in [1.165, 1.54) is 44.9 Å². The van der Waals surface area contributed by atoms with Crippen LogP contribution in [0.1, 0.15) is 78.1 Å². The van der Waals surface area contributed by atoms with Crippen molar-refractivity contribution < 1.29 is 4.76 Å². The zero-order chi connectivity index (χ0) is 13.0. The van der Waals surface area contributed by atoms with E-state index in [-0.39, 0.29) is 0 Å². The van der Waals surface area contributed by atoms with E-state index in [1.807, 2.05) is 6.92 Å². The van der Waals surface area contributed by atoms with E-state index in [0.717, 1.165) is 19.3 Å². The van der Waals surface area contributed by atoms with Crippen molar-refractivity contribution in [3.63, 3.8) is 0 Å². The van der Waals surface area contributed by atoms with Crippen molar-refractivity contribution >= 4 is 0 Å². The zero-order valence-corrected chi connectivity index (χ0v) is 11.9. The maximum absolute atomic E-state index is 11.6. The Labute approximate surface area is 108 Å². The average Bonchev–Trinajstić information content (AvgIpc) is 2.27. The quantitative estimate of drug-likeness (QED) is 0.243. The van der Waals surface area contributed by atoms with Gasteiger partial charge < -0.3 is 5.21 Å². The largest absolute Gasteiger partial charge is 0.612 e. The van der Waals surface area contributed by atoms with Crippen LogP contribution in [-0.2, 0) is 0 Å². The lowest BCUT2D eigenvalue weighted by Gasteiger charge is -2.36. The highest BCUT2D eigenvalue weighted by Gasteiger charge is 2.08. The van der Waals surface area contributed by atoms with Gasteiger partial charge in [0, 0.05) is 0 Å². The number of hydrogen-bond acceptors (Lipinski definition) is 2. The maximum Gasteiger partial charge on any atom is 0.0958 e. The summed E-state index contributed by atoms with van der Waals surface area (Å²) in [5.41, 5.74) is 0. The van der Waals surface area contributed by atoms with E-state index in [0.29, 0.717) is 13.1 Å². The molecule has 1 atom stereocenters. The molecule has 3 nitrogen and oxygen atoms in total. The molecule has 0 saturated heterocycles. The molecule has 0 aromatic carbocycles. The molecule has 1 unspecified atom stereocenters. The van der Waals surface area contributed by atoms with Crippen LogP contribution in [-0.4, -0.2) is 17.8 Å². The fourth-order valence-electron chi connectivity index (χ4n) is 2.18. The molecular formula is C14H32N2O. The van der Waals surface area contributed by atoms with Gasteiger partial charge in [0.05, 0.1) is 13.1 Å². The fourth-order valence-corrected chi connectivity index (χ4v) is 2.18. The highest BCUT2D eigenvalue weighted by molar-refractivity contribution is 4.47. The van der Waals surface area contributed by atoms with Crippen LogP contribution in [0.3, 0.4) is 0 Å². The monoisotopic (exact) mass is 244 g/mol. The Kier molecular flexibility index (Phi) is 10.9.